The maximum Gasteiger partial charge on any atom is 0.322 e. The Morgan fingerprint density at radius 1 is 1.67 bits per heavy atom. The number of ether oxygens (including phenoxy) is 1. The van der Waals surface area contributed by atoms with Gasteiger partial charge in [0.05, 0.1) is 7.11 Å². The van der Waals surface area contributed by atoms with Crippen molar-refractivity contribution in [3.05, 3.63) is 0 Å². The van der Waals surface area contributed by atoms with E-state index in [4.69, 9.17) is 0 Å². The highest BCUT2D eigenvalue weighted by molar-refractivity contribution is 5.75. The minimum absolute atomic E-state index is 0.0324. The third kappa shape index (κ3) is 1.42. The molecule has 0 spiro atoms. The van der Waals surface area contributed by atoms with Crippen LogP contribution in [-0.2, 0) is 9.53 Å². The van der Waals surface area contributed by atoms with Crippen molar-refractivity contribution < 1.29 is 9.53 Å². The Kier molecular flexibility index (Phi) is 1.71. The summed E-state index contributed by atoms with van der Waals surface area (Å²) in [5, 5.41) is 0. The van der Waals surface area contributed by atoms with E-state index in [1.54, 1.807) is 0 Å². The van der Waals surface area contributed by atoms with Crippen LogP contribution in [0, 0.1) is 0 Å². The largest absolute Gasteiger partial charge is 0.468 e. The van der Waals surface area contributed by atoms with Gasteiger partial charge in [-0.3, -0.25) is 9.69 Å². The zero-order valence-electron chi connectivity index (χ0n) is 5.76. The van der Waals surface area contributed by atoms with Gasteiger partial charge in [-0.05, 0) is 6.92 Å². The van der Waals surface area contributed by atoms with Crippen LogP contribution in [-0.4, -0.2) is 37.1 Å². The fourth-order valence-corrected chi connectivity index (χ4v) is 0.765. The van der Waals surface area contributed by atoms with E-state index in [2.05, 4.69) is 4.74 Å². The molecule has 1 atom stereocenters. The van der Waals surface area contributed by atoms with E-state index in [0.29, 0.717) is 0 Å². The second kappa shape index (κ2) is 2.35. The molecular formula is C6H11NO2. The molecule has 3 nitrogen and oxygen atoms in total. The fourth-order valence-electron chi connectivity index (χ4n) is 0.765. The maximum absolute atomic E-state index is 10.7. The van der Waals surface area contributed by atoms with Gasteiger partial charge in [0, 0.05) is 13.1 Å². The molecule has 0 aromatic rings. The normalized spacial score (nSPS) is 21.1. The zero-order chi connectivity index (χ0) is 6.85. The van der Waals surface area contributed by atoms with Gasteiger partial charge in [0.25, 0.3) is 0 Å². The molecule has 1 fully saturated rings. The highest BCUT2D eigenvalue weighted by Crippen LogP contribution is 2.10. The Hall–Kier alpha value is -0.570. The molecule has 0 aromatic heterocycles. The van der Waals surface area contributed by atoms with Gasteiger partial charge in [-0.1, -0.05) is 0 Å². The lowest BCUT2D eigenvalue weighted by Crippen LogP contribution is -2.26. The van der Waals surface area contributed by atoms with E-state index < -0.39 is 0 Å². The second-order valence-corrected chi connectivity index (χ2v) is 2.24. The summed E-state index contributed by atoms with van der Waals surface area (Å²) in [7, 11) is 1.42. The Morgan fingerprint density at radius 3 is 2.56 bits per heavy atom. The average Bonchev–Trinajstić information content (AvgIpc) is 2.66. The number of carbonyl (C=O) groups is 1. The van der Waals surface area contributed by atoms with E-state index in [1.165, 1.54) is 7.11 Å². The van der Waals surface area contributed by atoms with Gasteiger partial charge in [0.15, 0.2) is 0 Å². The van der Waals surface area contributed by atoms with Crippen molar-refractivity contribution in [1.29, 1.82) is 0 Å². The Morgan fingerprint density at radius 2 is 2.22 bits per heavy atom. The molecule has 0 amide bonds. The van der Waals surface area contributed by atoms with Crippen LogP contribution >= 0.6 is 0 Å². The van der Waals surface area contributed by atoms with Gasteiger partial charge in [-0.2, -0.15) is 0 Å². The van der Waals surface area contributed by atoms with Crippen molar-refractivity contribution in [1.82, 2.24) is 4.90 Å². The van der Waals surface area contributed by atoms with Crippen molar-refractivity contribution >= 4 is 5.97 Å². The fraction of sp³-hybridized carbons (Fsp3) is 0.833. The molecule has 9 heavy (non-hydrogen) atoms. The van der Waals surface area contributed by atoms with Gasteiger partial charge < -0.3 is 4.74 Å². The van der Waals surface area contributed by atoms with Crippen molar-refractivity contribution in [2.24, 2.45) is 0 Å². The van der Waals surface area contributed by atoms with Crippen molar-refractivity contribution in [2.45, 2.75) is 13.0 Å². The van der Waals surface area contributed by atoms with Crippen LogP contribution in [0.5, 0.6) is 0 Å². The van der Waals surface area contributed by atoms with E-state index in [1.807, 2.05) is 11.8 Å². The zero-order valence-corrected chi connectivity index (χ0v) is 5.76. The van der Waals surface area contributed by atoms with Gasteiger partial charge in [0.2, 0.25) is 0 Å². The number of rotatable bonds is 2. The summed E-state index contributed by atoms with van der Waals surface area (Å²) in [4.78, 5) is 12.8. The molecule has 0 N–H and O–H groups in total. The molecule has 0 bridgehead atoms. The highest BCUT2D eigenvalue weighted by atomic mass is 16.5. The summed E-state index contributed by atoms with van der Waals surface area (Å²) in [6.07, 6.45) is 0. The molecule has 1 saturated heterocycles. The SMILES string of the molecule is COC(=O)C(C)N1CC1. The van der Waals surface area contributed by atoms with Crippen LogP contribution in [0.4, 0.5) is 0 Å². The standard InChI is InChI=1S/C6H11NO2/c1-5(6(8)9-2)7-3-4-7/h5H,3-4H2,1-2H3. The van der Waals surface area contributed by atoms with E-state index in [9.17, 15) is 4.79 Å². The smallest absolute Gasteiger partial charge is 0.322 e. The predicted octanol–water partition coefficient (Wildman–Crippen LogP) is -0.137. The van der Waals surface area contributed by atoms with E-state index in [0.717, 1.165) is 13.1 Å². The van der Waals surface area contributed by atoms with E-state index >= 15 is 0 Å². The molecule has 0 aliphatic carbocycles. The first-order valence-electron chi connectivity index (χ1n) is 3.07. The van der Waals surface area contributed by atoms with E-state index in [-0.39, 0.29) is 12.0 Å². The number of methoxy groups -OCH3 is 1. The summed E-state index contributed by atoms with van der Waals surface area (Å²) in [6.45, 7) is 3.94. The van der Waals surface area contributed by atoms with Crippen LogP contribution in [0.15, 0.2) is 0 Å². The third-order valence-electron chi connectivity index (χ3n) is 1.57. The van der Waals surface area contributed by atoms with Crippen LogP contribution in [0.3, 0.4) is 0 Å². The van der Waals surface area contributed by atoms with Gasteiger partial charge in [-0.25, -0.2) is 0 Å². The predicted molar refractivity (Wildman–Crippen MR) is 33.1 cm³/mol. The van der Waals surface area contributed by atoms with Crippen LogP contribution in [0.25, 0.3) is 0 Å². The second-order valence-electron chi connectivity index (χ2n) is 2.24. The number of hydrogen-bond donors (Lipinski definition) is 0. The van der Waals surface area contributed by atoms with Crippen molar-refractivity contribution in [2.75, 3.05) is 20.2 Å². The van der Waals surface area contributed by atoms with Gasteiger partial charge in [-0.15, -0.1) is 0 Å². The summed E-state index contributed by atoms with van der Waals surface area (Å²) in [5.74, 6) is -0.132. The third-order valence-corrected chi connectivity index (χ3v) is 1.57. The molecule has 0 aromatic carbocycles. The molecule has 52 valence electrons. The number of nitrogens with zero attached hydrogens (tertiary/aromatic N) is 1. The Labute approximate surface area is 54.6 Å². The molecule has 1 unspecified atom stereocenters. The molecule has 1 aliphatic heterocycles. The first kappa shape index (κ1) is 6.55. The first-order chi connectivity index (χ1) is 4.25. The minimum atomic E-state index is -0.132. The number of hydrogen-bond acceptors (Lipinski definition) is 3. The quantitative estimate of drug-likeness (QED) is 0.384. The lowest BCUT2D eigenvalue weighted by molar-refractivity contribution is -0.144. The van der Waals surface area contributed by atoms with Crippen molar-refractivity contribution in [3.63, 3.8) is 0 Å². The molecule has 1 heterocycles. The van der Waals surface area contributed by atoms with Gasteiger partial charge >= 0.3 is 5.97 Å². The molecule has 0 radical (unpaired) electrons. The average molecular weight is 129 g/mol. The molecular weight excluding hydrogens is 118 g/mol. The summed E-state index contributed by atoms with van der Waals surface area (Å²) in [5.41, 5.74) is 0. The molecule has 1 aliphatic rings. The molecule has 3 heteroatoms. The maximum atomic E-state index is 10.7. The van der Waals surface area contributed by atoms with Crippen LogP contribution in [0.1, 0.15) is 6.92 Å². The van der Waals surface area contributed by atoms with Crippen LogP contribution in [0.2, 0.25) is 0 Å². The first-order valence-corrected chi connectivity index (χ1v) is 3.07. The van der Waals surface area contributed by atoms with Crippen LogP contribution < -0.4 is 0 Å². The highest BCUT2D eigenvalue weighted by Gasteiger charge is 2.29. The number of esters is 1. The minimum Gasteiger partial charge on any atom is -0.468 e. The van der Waals surface area contributed by atoms with Gasteiger partial charge in [0.1, 0.15) is 6.04 Å². The number of carbonyl (C=O) groups excluding carboxylic acids is 1. The monoisotopic (exact) mass is 129 g/mol. The topological polar surface area (TPSA) is 29.3 Å². The summed E-state index contributed by atoms with van der Waals surface area (Å²) >= 11 is 0. The van der Waals surface area contributed by atoms with Crippen molar-refractivity contribution in [3.8, 4) is 0 Å². The summed E-state index contributed by atoms with van der Waals surface area (Å²) in [6, 6.07) is -0.0324. The lowest BCUT2D eigenvalue weighted by atomic mass is 10.3. The molecule has 1 rings (SSSR count). The Balaban J connectivity index is 2.30. The summed E-state index contributed by atoms with van der Waals surface area (Å²) < 4.78 is 4.53. The Bertz CT molecular complexity index is 120. The molecule has 0 saturated carbocycles. The lowest BCUT2D eigenvalue weighted by Gasteiger charge is -2.07.